The Morgan fingerprint density at radius 1 is 1.38 bits per heavy atom. The Morgan fingerprint density at radius 2 is 2.17 bits per heavy atom. The van der Waals surface area contributed by atoms with Gasteiger partial charge in [0.25, 0.3) is 11.6 Å². The van der Waals surface area contributed by atoms with Crippen molar-refractivity contribution in [3.63, 3.8) is 0 Å². The van der Waals surface area contributed by atoms with Crippen molar-refractivity contribution < 1.29 is 18.6 Å². The maximum atomic E-state index is 11.8. The summed E-state index contributed by atoms with van der Waals surface area (Å²) in [6, 6.07) is 6.88. The van der Waals surface area contributed by atoms with Crippen LogP contribution in [0, 0.1) is 10.1 Å². The van der Waals surface area contributed by atoms with Crippen LogP contribution in [0.2, 0.25) is 0 Å². The molecule has 24 heavy (non-hydrogen) atoms. The maximum Gasteiger partial charge on any atom is 0.437 e. The lowest BCUT2D eigenvalue weighted by atomic mass is 10.1. The average Bonchev–Trinajstić information content (AvgIpc) is 3.17. The van der Waals surface area contributed by atoms with E-state index in [1.54, 1.807) is 12.1 Å². The van der Waals surface area contributed by atoms with Crippen molar-refractivity contribution in [2.24, 2.45) is 5.73 Å². The highest BCUT2D eigenvalue weighted by molar-refractivity contribution is 5.93. The molecule has 0 bridgehead atoms. The molecule has 0 fully saturated rings. The van der Waals surface area contributed by atoms with Crippen LogP contribution in [0.15, 0.2) is 50.2 Å². The van der Waals surface area contributed by atoms with Crippen molar-refractivity contribution in [3.8, 4) is 11.7 Å². The number of nitrogens with zero attached hydrogens (tertiary/aromatic N) is 3. The van der Waals surface area contributed by atoms with Crippen LogP contribution in [0.4, 0.5) is 5.69 Å². The maximum absolute atomic E-state index is 11.8. The minimum absolute atomic E-state index is 0.00535. The molecular weight excluding hydrogens is 320 g/mol. The highest BCUT2D eigenvalue weighted by atomic mass is 16.6. The van der Waals surface area contributed by atoms with Crippen molar-refractivity contribution in [1.29, 1.82) is 0 Å². The van der Waals surface area contributed by atoms with E-state index < -0.39 is 16.6 Å². The first-order valence-electron chi connectivity index (χ1n) is 6.64. The molecule has 1 aromatic carbocycles. The lowest BCUT2D eigenvalue weighted by Gasteiger charge is -2.03. The molecule has 0 atom stereocenters. The zero-order chi connectivity index (χ0) is 17.3. The van der Waals surface area contributed by atoms with E-state index in [1.807, 2.05) is 0 Å². The molecule has 0 radical (unpaired) electrons. The van der Waals surface area contributed by atoms with E-state index >= 15 is 0 Å². The predicted octanol–water partition coefficient (Wildman–Crippen LogP) is 1.15. The standard InChI is InChI=1S/C14H10N4O6/c15-12(19)8-3-4-9(10(6-8)18(21)22)7-17-14(20)24-13(16-17)11-2-1-5-23-11/h1-6H,7H2,(H2,15,19). The third-order valence-electron chi connectivity index (χ3n) is 3.22. The number of nitrogens with two attached hydrogens (primary N) is 1. The van der Waals surface area contributed by atoms with Crippen LogP contribution >= 0.6 is 0 Å². The van der Waals surface area contributed by atoms with Crippen LogP contribution in [0.25, 0.3) is 11.7 Å². The number of aromatic nitrogens is 2. The van der Waals surface area contributed by atoms with Crippen molar-refractivity contribution in [1.82, 2.24) is 9.78 Å². The molecule has 0 unspecified atom stereocenters. The van der Waals surface area contributed by atoms with E-state index in [0.717, 1.165) is 10.7 Å². The molecule has 10 heteroatoms. The van der Waals surface area contributed by atoms with Gasteiger partial charge in [0, 0.05) is 11.6 Å². The summed E-state index contributed by atoms with van der Waals surface area (Å²) in [6.45, 7) is -0.210. The fourth-order valence-corrected chi connectivity index (χ4v) is 2.09. The Labute approximate surface area is 133 Å². The molecule has 3 rings (SSSR count). The summed E-state index contributed by atoms with van der Waals surface area (Å²) >= 11 is 0. The van der Waals surface area contributed by atoms with Crippen LogP contribution in [-0.2, 0) is 6.54 Å². The van der Waals surface area contributed by atoms with Crippen molar-refractivity contribution >= 4 is 11.6 Å². The highest BCUT2D eigenvalue weighted by Crippen LogP contribution is 2.22. The fourth-order valence-electron chi connectivity index (χ4n) is 2.09. The number of furan rings is 1. The number of nitro groups is 1. The van der Waals surface area contributed by atoms with Crippen molar-refractivity contribution in [3.05, 3.63) is 68.4 Å². The van der Waals surface area contributed by atoms with E-state index in [0.29, 0.717) is 0 Å². The Kier molecular flexibility index (Phi) is 3.70. The van der Waals surface area contributed by atoms with E-state index in [1.165, 1.54) is 18.4 Å². The van der Waals surface area contributed by atoms with Gasteiger partial charge in [0.05, 0.1) is 23.3 Å². The first kappa shape index (κ1) is 15.2. The summed E-state index contributed by atoms with van der Waals surface area (Å²) in [6.07, 6.45) is 1.39. The molecule has 0 saturated carbocycles. The van der Waals surface area contributed by atoms with Gasteiger partial charge < -0.3 is 14.6 Å². The first-order valence-corrected chi connectivity index (χ1v) is 6.64. The number of rotatable bonds is 5. The molecule has 2 aromatic heterocycles. The second-order valence-electron chi connectivity index (χ2n) is 4.77. The number of hydrogen-bond donors (Lipinski definition) is 1. The highest BCUT2D eigenvalue weighted by Gasteiger charge is 2.19. The van der Waals surface area contributed by atoms with Crippen LogP contribution in [0.3, 0.4) is 0 Å². The van der Waals surface area contributed by atoms with Crippen LogP contribution in [0.1, 0.15) is 15.9 Å². The zero-order valence-corrected chi connectivity index (χ0v) is 12.0. The Morgan fingerprint density at radius 3 is 2.79 bits per heavy atom. The molecule has 0 saturated heterocycles. The normalized spacial score (nSPS) is 10.7. The van der Waals surface area contributed by atoms with Crippen molar-refractivity contribution in [2.75, 3.05) is 0 Å². The second kappa shape index (κ2) is 5.83. The smallest absolute Gasteiger partial charge is 0.437 e. The molecule has 3 aromatic rings. The van der Waals surface area contributed by atoms with Gasteiger partial charge in [-0.1, -0.05) is 0 Å². The van der Waals surface area contributed by atoms with Gasteiger partial charge in [0.2, 0.25) is 5.91 Å². The molecule has 1 amide bonds. The molecule has 0 aliphatic carbocycles. The Bertz CT molecular complexity index is 970. The van der Waals surface area contributed by atoms with E-state index in [9.17, 15) is 19.7 Å². The third-order valence-corrected chi connectivity index (χ3v) is 3.22. The van der Waals surface area contributed by atoms with E-state index in [-0.39, 0.29) is 35.0 Å². The molecular formula is C14H10N4O6. The van der Waals surface area contributed by atoms with E-state index in [2.05, 4.69) is 5.10 Å². The molecule has 2 heterocycles. The van der Waals surface area contributed by atoms with Crippen LogP contribution in [0.5, 0.6) is 0 Å². The van der Waals surface area contributed by atoms with Crippen LogP contribution < -0.4 is 11.5 Å². The van der Waals surface area contributed by atoms with Gasteiger partial charge in [-0.2, -0.15) is 4.68 Å². The fraction of sp³-hybridized carbons (Fsp3) is 0.0714. The number of nitro benzene ring substituents is 1. The van der Waals surface area contributed by atoms with Gasteiger partial charge in [0.15, 0.2) is 5.76 Å². The van der Waals surface area contributed by atoms with Gasteiger partial charge in [-0.05, 0) is 24.3 Å². The minimum atomic E-state index is -0.797. The summed E-state index contributed by atoms with van der Waals surface area (Å²) in [5.41, 5.74) is 4.93. The van der Waals surface area contributed by atoms with Gasteiger partial charge >= 0.3 is 5.76 Å². The largest absolute Gasteiger partial charge is 0.459 e. The van der Waals surface area contributed by atoms with Gasteiger partial charge in [-0.25, -0.2) is 4.79 Å². The number of carbonyl (C=O) groups excluding carboxylic acids is 1. The first-order chi connectivity index (χ1) is 11.5. The molecule has 122 valence electrons. The SMILES string of the molecule is NC(=O)c1ccc(Cn2nc(-c3ccco3)oc2=O)c([N+](=O)[O-])c1. The summed E-state index contributed by atoms with van der Waals surface area (Å²) < 4.78 is 10.9. The monoisotopic (exact) mass is 330 g/mol. The van der Waals surface area contributed by atoms with E-state index in [4.69, 9.17) is 14.6 Å². The molecule has 0 spiro atoms. The molecule has 2 N–H and O–H groups in total. The predicted molar refractivity (Wildman–Crippen MR) is 79.2 cm³/mol. The molecule has 10 nitrogen and oxygen atoms in total. The lowest BCUT2D eigenvalue weighted by Crippen LogP contribution is -2.18. The molecule has 0 aliphatic heterocycles. The number of amides is 1. The summed E-state index contributed by atoms with van der Waals surface area (Å²) in [5.74, 6) is -1.37. The quantitative estimate of drug-likeness (QED) is 0.545. The summed E-state index contributed by atoms with van der Waals surface area (Å²) in [7, 11) is 0. The molecule has 0 aliphatic rings. The van der Waals surface area contributed by atoms with Gasteiger partial charge in [0.1, 0.15) is 0 Å². The number of hydrogen-bond acceptors (Lipinski definition) is 7. The number of primary amides is 1. The average molecular weight is 330 g/mol. The Balaban J connectivity index is 1.98. The van der Waals surface area contributed by atoms with Crippen LogP contribution in [-0.4, -0.2) is 20.6 Å². The van der Waals surface area contributed by atoms with Gasteiger partial charge in [-0.3, -0.25) is 14.9 Å². The van der Waals surface area contributed by atoms with Crippen molar-refractivity contribution in [2.45, 2.75) is 6.54 Å². The number of benzene rings is 1. The second-order valence-corrected chi connectivity index (χ2v) is 4.77. The van der Waals surface area contributed by atoms with Gasteiger partial charge in [-0.15, -0.1) is 5.10 Å². The Hall–Kier alpha value is -3.69. The lowest BCUT2D eigenvalue weighted by molar-refractivity contribution is -0.385. The summed E-state index contributed by atoms with van der Waals surface area (Å²) in [5, 5.41) is 15.1. The zero-order valence-electron chi connectivity index (χ0n) is 12.0. The minimum Gasteiger partial charge on any atom is -0.459 e. The summed E-state index contributed by atoms with van der Waals surface area (Å²) in [4.78, 5) is 33.5. The number of carbonyl (C=O) groups is 1. The topological polar surface area (TPSA) is 147 Å². The third kappa shape index (κ3) is 2.79.